The number of hydrogen-bond acceptors (Lipinski definition) is 14. The van der Waals surface area contributed by atoms with Crippen LogP contribution in [0.5, 0.6) is 17.2 Å². The lowest BCUT2D eigenvalue weighted by Crippen LogP contribution is -2.56. The van der Waals surface area contributed by atoms with Crippen molar-refractivity contribution in [1.82, 2.24) is 0 Å². The molecule has 14 nitrogen and oxygen atoms in total. The number of aliphatic hydroxyl groups excluding tert-OH is 6. The number of aliphatic hydroxyl groups is 6. The highest BCUT2D eigenvalue weighted by Crippen LogP contribution is 2.45. The summed E-state index contributed by atoms with van der Waals surface area (Å²) in [5, 5.41) is 91.7. The predicted octanol–water partition coefficient (Wildman–Crippen LogP) is -1.45. The van der Waals surface area contributed by atoms with Crippen molar-refractivity contribution in [2.75, 3.05) is 13.2 Å². The van der Waals surface area contributed by atoms with Crippen LogP contribution in [-0.2, 0) is 14.2 Å². The van der Waals surface area contributed by atoms with Crippen LogP contribution >= 0.6 is 0 Å². The van der Waals surface area contributed by atoms with Gasteiger partial charge in [-0.2, -0.15) is 0 Å². The van der Waals surface area contributed by atoms with Gasteiger partial charge in [0.1, 0.15) is 82.8 Å². The monoisotopic (exact) mass is 564 g/mol. The van der Waals surface area contributed by atoms with E-state index in [4.69, 9.17) is 18.6 Å². The summed E-state index contributed by atoms with van der Waals surface area (Å²) in [6, 6.07) is 7.86. The van der Waals surface area contributed by atoms with E-state index in [-0.39, 0.29) is 22.5 Å². The van der Waals surface area contributed by atoms with E-state index in [1.165, 1.54) is 24.3 Å². The summed E-state index contributed by atoms with van der Waals surface area (Å²) in [5.41, 5.74) is -0.948. The molecule has 5 rings (SSSR count). The minimum atomic E-state index is -1.88. The molecule has 2 aliphatic heterocycles. The van der Waals surface area contributed by atoms with Gasteiger partial charge in [-0.15, -0.1) is 0 Å². The van der Waals surface area contributed by atoms with E-state index in [1.807, 2.05) is 0 Å². The Kier molecular flexibility index (Phi) is 7.71. The van der Waals surface area contributed by atoms with Gasteiger partial charge in [-0.1, -0.05) is 0 Å². The number of phenolic OH excluding ortho intramolecular Hbond substituents is 3. The second kappa shape index (κ2) is 10.9. The molecule has 0 aliphatic carbocycles. The summed E-state index contributed by atoms with van der Waals surface area (Å²) >= 11 is 0. The molecule has 1 aromatic heterocycles. The molecule has 3 aromatic rings. The third-order valence-electron chi connectivity index (χ3n) is 7.08. The van der Waals surface area contributed by atoms with E-state index >= 15 is 0 Å². The summed E-state index contributed by atoms with van der Waals surface area (Å²) in [7, 11) is 0. The molecular weight excluding hydrogens is 536 g/mol. The van der Waals surface area contributed by atoms with Gasteiger partial charge in [-0.3, -0.25) is 4.79 Å². The first-order valence-corrected chi connectivity index (χ1v) is 12.3. The van der Waals surface area contributed by atoms with E-state index in [1.54, 1.807) is 0 Å². The first-order chi connectivity index (χ1) is 19.0. The number of rotatable bonds is 6. The van der Waals surface area contributed by atoms with Gasteiger partial charge in [-0.25, -0.2) is 0 Å². The molecule has 2 fully saturated rings. The number of benzene rings is 2. The molecule has 0 bridgehead atoms. The smallest absolute Gasteiger partial charge is 0.197 e. The molecule has 216 valence electrons. The van der Waals surface area contributed by atoms with Crippen molar-refractivity contribution >= 4 is 11.0 Å². The Hall–Kier alpha value is -3.31. The van der Waals surface area contributed by atoms with Crippen molar-refractivity contribution in [2.45, 2.75) is 55.1 Å². The highest BCUT2D eigenvalue weighted by Gasteiger charge is 2.48. The third kappa shape index (κ3) is 4.89. The van der Waals surface area contributed by atoms with Crippen molar-refractivity contribution in [3.8, 4) is 28.6 Å². The summed E-state index contributed by atoms with van der Waals surface area (Å²) in [6.45, 7) is -1.15. The van der Waals surface area contributed by atoms with Gasteiger partial charge in [0, 0.05) is 17.7 Å². The molecule has 0 saturated carbocycles. The van der Waals surface area contributed by atoms with Gasteiger partial charge in [-0.05, 0) is 24.3 Å². The van der Waals surface area contributed by atoms with Crippen LogP contribution in [-0.4, -0.2) is 108 Å². The predicted molar refractivity (Wildman–Crippen MR) is 132 cm³/mol. The van der Waals surface area contributed by atoms with Gasteiger partial charge < -0.3 is 64.6 Å². The first-order valence-electron chi connectivity index (χ1n) is 12.3. The summed E-state index contributed by atoms with van der Waals surface area (Å²) in [4.78, 5) is 13.0. The fraction of sp³-hybridized carbons (Fsp3) is 0.423. The number of ether oxygens (including phenoxy) is 3. The summed E-state index contributed by atoms with van der Waals surface area (Å²) in [5.74, 6) is -1.38. The van der Waals surface area contributed by atoms with Crippen LogP contribution in [0, 0.1) is 0 Å². The second-order valence-electron chi connectivity index (χ2n) is 9.66. The highest BCUT2D eigenvalue weighted by atomic mass is 16.7. The van der Waals surface area contributed by atoms with Crippen molar-refractivity contribution in [1.29, 1.82) is 0 Å². The summed E-state index contributed by atoms with van der Waals surface area (Å²) < 4.78 is 22.0. The average Bonchev–Trinajstić information content (AvgIpc) is 3.20. The standard InChI is InChI=1S/C26H28O14/c27-7-15-19(31)24(36)26(40-15)37-8-16-20(32)22(34)23(35)25(39-16)18-12(30)6-14-17(21(18)33)11(29)5-13(38-14)9-1-3-10(28)4-2-9/h1-6,15-16,19-20,22-28,30-36H,7-8H2. The van der Waals surface area contributed by atoms with Gasteiger partial charge >= 0.3 is 0 Å². The molecule has 40 heavy (non-hydrogen) atoms. The Labute approximate surface area is 225 Å². The first kappa shape index (κ1) is 28.2. The van der Waals surface area contributed by atoms with E-state index < -0.39 is 90.8 Å². The van der Waals surface area contributed by atoms with Crippen molar-refractivity contribution in [3.05, 3.63) is 52.2 Å². The van der Waals surface area contributed by atoms with Gasteiger partial charge in [0.05, 0.1) is 18.8 Å². The minimum absolute atomic E-state index is 0.00670. The maximum atomic E-state index is 13.0. The number of aromatic hydroxyl groups is 3. The molecule has 9 atom stereocenters. The van der Waals surface area contributed by atoms with Crippen LogP contribution < -0.4 is 5.43 Å². The normalized spacial score (nSPS) is 32.5. The SMILES string of the molecule is O=c1cc(-c2ccc(O)cc2)oc2cc(O)c(C3OC(COC4OC(CO)C(O)C4O)C(O)C(O)C3O)c(O)c12. The highest BCUT2D eigenvalue weighted by molar-refractivity contribution is 5.88. The Bertz CT molecular complexity index is 1420. The fourth-order valence-corrected chi connectivity index (χ4v) is 4.87. The number of fused-ring (bicyclic) bond motifs is 1. The van der Waals surface area contributed by atoms with Crippen molar-refractivity contribution in [2.24, 2.45) is 0 Å². The van der Waals surface area contributed by atoms with Crippen molar-refractivity contribution in [3.63, 3.8) is 0 Å². The number of hydrogen-bond donors (Lipinski definition) is 9. The molecule has 2 saturated heterocycles. The molecule has 2 aromatic carbocycles. The lowest BCUT2D eigenvalue weighted by atomic mass is 9.89. The Morgan fingerprint density at radius 1 is 0.800 bits per heavy atom. The van der Waals surface area contributed by atoms with Crippen LogP contribution in [0.4, 0.5) is 0 Å². The van der Waals surface area contributed by atoms with Crippen LogP contribution in [0.1, 0.15) is 11.7 Å². The Morgan fingerprint density at radius 2 is 1.48 bits per heavy atom. The maximum absolute atomic E-state index is 13.0. The van der Waals surface area contributed by atoms with Gasteiger partial charge in [0.25, 0.3) is 0 Å². The molecule has 0 amide bonds. The minimum Gasteiger partial charge on any atom is -0.508 e. The second-order valence-corrected chi connectivity index (χ2v) is 9.66. The van der Waals surface area contributed by atoms with Gasteiger partial charge in [0.15, 0.2) is 11.7 Å². The third-order valence-corrected chi connectivity index (χ3v) is 7.08. The Morgan fingerprint density at radius 3 is 2.12 bits per heavy atom. The summed E-state index contributed by atoms with van der Waals surface area (Å²) in [6.07, 6.45) is -14.1. The zero-order chi connectivity index (χ0) is 28.9. The van der Waals surface area contributed by atoms with Crippen LogP contribution in [0.2, 0.25) is 0 Å². The van der Waals surface area contributed by atoms with Crippen LogP contribution in [0.25, 0.3) is 22.3 Å². The van der Waals surface area contributed by atoms with E-state index in [0.717, 1.165) is 12.1 Å². The lowest BCUT2D eigenvalue weighted by Gasteiger charge is -2.41. The quantitative estimate of drug-likeness (QED) is 0.167. The van der Waals surface area contributed by atoms with E-state index in [0.29, 0.717) is 5.56 Å². The van der Waals surface area contributed by atoms with Crippen molar-refractivity contribution < 1.29 is 64.6 Å². The largest absolute Gasteiger partial charge is 0.508 e. The van der Waals surface area contributed by atoms with Crippen LogP contribution in [0.15, 0.2) is 45.6 Å². The molecule has 0 spiro atoms. The van der Waals surface area contributed by atoms with E-state index in [2.05, 4.69) is 0 Å². The topological polar surface area (TPSA) is 240 Å². The Balaban J connectivity index is 1.45. The fourth-order valence-electron chi connectivity index (χ4n) is 4.87. The lowest BCUT2D eigenvalue weighted by molar-refractivity contribution is -0.254. The zero-order valence-electron chi connectivity index (χ0n) is 20.6. The molecule has 9 unspecified atom stereocenters. The molecule has 9 N–H and O–H groups in total. The molecule has 0 radical (unpaired) electrons. The van der Waals surface area contributed by atoms with Gasteiger partial charge in [0.2, 0.25) is 0 Å². The molecule has 3 heterocycles. The zero-order valence-corrected chi connectivity index (χ0v) is 20.6. The van der Waals surface area contributed by atoms with E-state index in [9.17, 15) is 50.8 Å². The average molecular weight is 564 g/mol. The number of phenols is 3. The maximum Gasteiger partial charge on any atom is 0.197 e. The molecule has 14 heteroatoms. The van der Waals surface area contributed by atoms with Crippen LogP contribution in [0.3, 0.4) is 0 Å². The molecule has 2 aliphatic rings. The molecular formula is C26H28O14.